The molecular formula is C16H13IN2O. The number of rotatable bonds is 3. The van der Waals surface area contributed by atoms with Gasteiger partial charge in [0, 0.05) is 21.0 Å². The average Bonchev–Trinajstić information content (AvgIpc) is 2.89. The monoisotopic (exact) mass is 376 g/mol. The fourth-order valence-corrected chi connectivity index (χ4v) is 2.49. The molecule has 4 heteroatoms. The van der Waals surface area contributed by atoms with Gasteiger partial charge in [0.15, 0.2) is 0 Å². The van der Waals surface area contributed by atoms with Crippen LogP contribution in [0.25, 0.3) is 10.9 Å². The maximum absolute atomic E-state index is 12.0. The van der Waals surface area contributed by atoms with E-state index in [4.69, 9.17) is 0 Å². The lowest BCUT2D eigenvalue weighted by Gasteiger charge is -2.05. The standard InChI is InChI=1S/C16H13IN2O/c17-13-3-5-14(6-4-13)19-16(20)10-11-1-2-12-7-8-18-15(12)9-11/h1-9,18H,10H2,(H,19,20). The Morgan fingerprint density at radius 1 is 1.10 bits per heavy atom. The molecule has 20 heavy (non-hydrogen) atoms. The summed E-state index contributed by atoms with van der Waals surface area (Å²) < 4.78 is 1.15. The smallest absolute Gasteiger partial charge is 0.228 e. The summed E-state index contributed by atoms with van der Waals surface area (Å²) in [5, 5.41) is 4.07. The number of aromatic nitrogens is 1. The van der Waals surface area contributed by atoms with Crippen LogP contribution in [0.2, 0.25) is 0 Å². The number of anilines is 1. The maximum atomic E-state index is 12.0. The Kier molecular flexibility index (Phi) is 3.73. The first-order chi connectivity index (χ1) is 9.70. The van der Waals surface area contributed by atoms with E-state index in [2.05, 4.69) is 32.9 Å². The minimum absolute atomic E-state index is 0.00267. The molecule has 3 rings (SSSR count). The van der Waals surface area contributed by atoms with E-state index in [0.717, 1.165) is 25.7 Å². The van der Waals surface area contributed by atoms with Gasteiger partial charge in [-0.3, -0.25) is 4.79 Å². The topological polar surface area (TPSA) is 44.9 Å². The first-order valence-corrected chi connectivity index (χ1v) is 7.40. The molecule has 1 amide bonds. The lowest BCUT2D eigenvalue weighted by Crippen LogP contribution is -2.14. The zero-order chi connectivity index (χ0) is 13.9. The molecule has 1 heterocycles. The van der Waals surface area contributed by atoms with Crippen LogP contribution >= 0.6 is 22.6 Å². The lowest BCUT2D eigenvalue weighted by atomic mass is 10.1. The number of halogens is 1. The van der Waals surface area contributed by atoms with E-state index in [1.54, 1.807) is 0 Å². The zero-order valence-corrected chi connectivity index (χ0v) is 12.8. The number of nitrogens with one attached hydrogen (secondary N) is 2. The van der Waals surface area contributed by atoms with Crippen LogP contribution in [0.15, 0.2) is 54.7 Å². The van der Waals surface area contributed by atoms with Crippen LogP contribution in [0.5, 0.6) is 0 Å². The number of hydrogen-bond acceptors (Lipinski definition) is 1. The molecule has 3 nitrogen and oxygen atoms in total. The number of fused-ring (bicyclic) bond motifs is 1. The highest BCUT2D eigenvalue weighted by Crippen LogP contribution is 2.16. The molecule has 2 aromatic carbocycles. The van der Waals surface area contributed by atoms with E-state index < -0.39 is 0 Å². The van der Waals surface area contributed by atoms with Gasteiger partial charge in [-0.25, -0.2) is 0 Å². The van der Waals surface area contributed by atoms with Crippen molar-refractivity contribution < 1.29 is 4.79 Å². The van der Waals surface area contributed by atoms with Gasteiger partial charge in [-0.15, -0.1) is 0 Å². The highest BCUT2D eigenvalue weighted by Gasteiger charge is 2.05. The molecule has 0 aliphatic rings. The summed E-state index contributed by atoms with van der Waals surface area (Å²) in [6.45, 7) is 0. The average molecular weight is 376 g/mol. The molecule has 0 radical (unpaired) electrons. The van der Waals surface area contributed by atoms with Crippen LogP contribution in [0.1, 0.15) is 5.56 Å². The Bertz CT molecular complexity index is 747. The highest BCUT2D eigenvalue weighted by atomic mass is 127. The van der Waals surface area contributed by atoms with Crippen LogP contribution in [-0.4, -0.2) is 10.9 Å². The van der Waals surface area contributed by atoms with E-state index in [0.29, 0.717) is 6.42 Å². The molecule has 2 N–H and O–H groups in total. The molecule has 0 saturated heterocycles. The van der Waals surface area contributed by atoms with Gasteiger partial charge in [-0.05, 0) is 69.9 Å². The minimum atomic E-state index is -0.00267. The first kappa shape index (κ1) is 13.2. The van der Waals surface area contributed by atoms with Gasteiger partial charge in [0.1, 0.15) is 0 Å². The van der Waals surface area contributed by atoms with E-state index in [1.165, 1.54) is 0 Å². The van der Waals surface area contributed by atoms with Crippen molar-refractivity contribution in [1.82, 2.24) is 4.98 Å². The van der Waals surface area contributed by atoms with Crippen LogP contribution < -0.4 is 5.32 Å². The summed E-state index contributed by atoms with van der Waals surface area (Å²) in [6.07, 6.45) is 2.28. The summed E-state index contributed by atoms with van der Waals surface area (Å²) in [4.78, 5) is 15.2. The number of aromatic amines is 1. The van der Waals surface area contributed by atoms with Gasteiger partial charge >= 0.3 is 0 Å². The summed E-state index contributed by atoms with van der Waals surface area (Å²) in [5.41, 5.74) is 2.89. The lowest BCUT2D eigenvalue weighted by molar-refractivity contribution is -0.115. The summed E-state index contributed by atoms with van der Waals surface area (Å²) in [6, 6.07) is 15.8. The molecule has 0 unspecified atom stereocenters. The van der Waals surface area contributed by atoms with Crippen molar-refractivity contribution in [2.45, 2.75) is 6.42 Å². The predicted octanol–water partition coefficient (Wildman–Crippen LogP) is 3.95. The van der Waals surface area contributed by atoms with Crippen molar-refractivity contribution in [2.75, 3.05) is 5.32 Å². The third-order valence-electron chi connectivity index (χ3n) is 3.11. The van der Waals surface area contributed by atoms with Gasteiger partial charge < -0.3 is 10.3 Å². The maximum Gasteiger partial charge on any atom is 0.228 e. The first-order valence-electron chi connectivity index (χ1n) is 6.32. The molecule has 100 valence electrons. The number of amides is 1. The normalized spacial score (nSPS) is 10.7. The van der Waals surface area contributed by atoms with Crippen LogP contribution in [0, 0.1) is 3.57 Å². The number of carbonyl (C=O) groups is 1. The number of carbonyl (C=O) groups excluding carboxylic acids is 1. The van der Waals surface area contributed by atoms with Gasteiger partial charge in [0.2, 0.25) is 5.91 Å². The van der Waals surface area contributed by atoms with E-state index in [9.17, 15) is 4.79 Å². The Labute approximate surface area is 130 Å². The third-order valence-corrected chi connectivity index (χ3v) is 3.83. The number of benzene rings is 2. The van der Waals surface area contributed by atoms with Gasteiger partial charge in [-0.2, -0.15) is 0 Å². The van der Waals surface area contributed by atoms with Crippen molar-refractivity contribution in [1.29, 1.82) is 0 Å². The minimum Gasteiger partial charge on any atom is -0.361 e. The zero-order valence-electron chi connectivity index (χ0n) is 10.7. The molecule has 3 aromatic rings. The molecular weight excluding hydrogens is 363 g/mol. The Hall–Kier alpha value is -1.82. The van der Waals surface area contributed by atoms with E-state index in [-0.39, 0.29) is 5.91 Å². The molecule has 0 aliphatic heterocycles. The molecule has 0 atom stereocenters. The summed E-state index contributed by atoms with van der Waals surface area (Å²) in [5.74, 6) is -0.00267. The molecule has 0 fully saturated rings. The van der Waals surface area contributed by atoms with Crippen molar-refractivity contribution in [3.05, 3.63) is 63.9 Å². The van der Waals surface area contributed by atoms with Crippen LogP contribution in [-0.2, 0) is 11.2 Å². The van der Waals surface area contributed by atoms with E-state index >= 15 is 0 Å². The molecule has 1 aromatic heterocycles. The van der Waals surface area contributed by atoms with Gasteiger partial charge in [0.05, 0.1) is 6.42 Å². The second kappa shape index (κ2) is 5.66. The van der Waals surface area contributed by atoms with Gasteiger partial charge in [0.25, 0.3) is 0 Å². The van der Waals surface area contributed by atoms with Crippen molar-refractivity contribution in [2.24, 2.45) is 0 Å². The van der Waals surface area contributed by atoms with Crippen LogP contribution in [0.3, 0.4) is 0 Å². The quantitative estimate of drug-likeness (QED) is 0.668. The second-order valence-electron chi connectivity index (χ2n) is 4.63. The highest BCUT2D eigenvalue weighted by molar-refractivity contribution is 14.1. The molecule has 0 aliphatic carbocycles. The Balaban J connectivity index is 1.70. The summed E-state index contributed by atoms with van der Waals surface area (Å²) in [7, 11) is 0. The van der Waals surface area contributed by atoms with Crippen molar-refractivity contribution in [3.8, 4) is 0 Å². The Morgan fingerprint density at radius 3 is 2.70 bits per heavy atom. The molecule has 0 spiro atoms. The summed E-state index contributed by atoms with van der Waals surface area (Å²) >= 11 is 2.24. The predicted molar refractivity (Wildman–Crippen MR) is 89.8 cm³/mol. The fraction of sp³-hybridized carbons (Fsp3) is 0.0625. The number of hydrogen-bond donors (Lipinski definition) is 2. The van der Waals surface area contributed by atoms with Gasteiger partial charge in [-0.1, -0.05) is 12.1 Å². The van der Waals surface area contributed by atoms with Crippen molar-refractivity contribution >= 4 is 45.1 Å². The Morgan fingerprint density at radius 2 is 1.90 bits per heavy atom. The van der Waals surface area contributed by atoms with E-state index in [1.807, 2.05) is 54.7 Å². The second-order valence-corrected chi connectivity index (χ2v) is 5.88. The van der Waals surface area contributed by atoms with Crippen molar-refractivity contribution in [3.63, 3.8) is 0 Å². The SMILES string of the molecule is O=C(Cc1ccc2cc[nH]c2c1)Nc1ccc(I)cc1. The fourth-order valence-electron chi connectivity index (χ4n) is 2.13. The third kappa shape index (κ3) is 3.01. The number of H-pyrrole nitrogens is 1. The van der Waals surface area contributed by atoms with Crippen LogP contribution in [0.4, 0.5) is 5.69 Å². The molecule has 0 bridgehead atoms. The largest absolute Gasteiger partial charge is 0.361 e. The molecule has 0 saturated carbocycles.